The fraction of sp³-hybridized carbons (Fsp3) is 0.412. The molecule has 2 aromatic heterocycles. The number of nitrogens with one attached hydrogen (secondary N) is 1. The second-order valence-corrected chi connectivity index (χ2v) is 7.59. The van der Waals surface area contributed by atoms with E-state index in [1.807, 2.05) is 29.3 Å². The fourth-order valence-corrected chi connectivity index (χ4v) is 3.91. The second-order valence-electron chi connectivity index (χ2n) is 5.79. The lowest BCUT2D eigenvalue weighted by Gasteiger charge is -2.35. The van der Waals surface area contributed by atoms with E-state index in [-0.39, 0.29) is 5.91 Å². The number of rotatable bonds is 5. The number of piperazine rings is 1. The van der Waals surface area contributed by atoms with Crippen LogP contribution in [0.5, 0.6) is 0 Å². The summed E-state index contributed by atoms with van der Waals surface area (Å²) in [5, 5.41) is 3.46. The molecule has 1 aliphatic rings. The third-order valence-electron chi connectivity index (χ3n) is 4.14. The standard InChI is InChI=1S/C17H21ClN4OS/c1-13(23)21-7-9-22(10-8-21)17-14(3-2-6-20-17)11-19-12-15-4-5-16(18)24-15/h2-6,19H,7-12H2,1H3. The van der Waals surface area contributed by atoms with Crippen LogP contribution in [0, 0.1) is 0 Å². The van der Waals surface area contributed by atoms with E-state index in [0.29, 0.717) is 0 Å². The molecule has 0 aliphatic carbocycles. The van der Waals surface area contributed by atoms with Gasteiger partial charge in [-0.3, -0.25) is 4.79 Å². The highest BCUT2D eigenvalue weighted by Gasteiger charge is 2.21. The van der Waals surface area contributed by atoms with E-state index in [0.717, 1.165) is 49.4 Å². The fourth-order valence-electron chi connectivity index (χ4n) is 2.85. The maximum atomic E-state index is 11.5. The quantitative estimate of drug-likeness (QED) is 0.886. The van der Waals surface area contributed by atoms with Crippen molar-refractivity contribution in [2.24, 2.45) is 0 Å². The summed E-state index contributed by atoms with van der Waals surface area (Å²) in [6, 6.07) is 8.04. The first kappa shape index (κ1) is 17.2. The van der Waals surface area contributed by atoms with E-state index in [1.165, 1.54) is 10.4 Å². The number of thiophene rings is 1. The van der Waals surface area contributed by atoms with Gasteiger partial charge in [-0.25, -0.2) is 4.98 Å². The molecule has 2 aromatic rings. The molecule has 0 aromatic carbocycles. The zero-order valence-electron chi connectivity index (χ0n) is 13.7. The van der Waals surface area contributed by atoms with Gasteiger partial charge in [-0.2, -0.15) is 0 Å². The zero-order chi connectivity index (χ0) is 16.9. The van der Waals surface area contributed by atoms with Gasteiger partial charge in [0.1, 0.15) is 5.82 Å². The number of anilines is 1. The highest BCUT2D eigenvalue weighted by molar-refractivity contribution is 7.16. The van der Waals surface area contributed by atoms with Crippen LogP contribution in [0.1, 0.15) is 17.4 Å². The molecule has 3 rings (SSSR count). The van der Waals surface area contributed by atoms with Crippen molar-refractivity contribution in [3.05, 3.63) is 45.2 Å². The number of hydrogen-bond donors (Lipinski definition) is 1. The van der Waals surface area contributed by atoms with Crippen molar-refractivity contribution >= 4 is 34.7 Å². The van der Waals surface area contributed by atoms with Crippen molar-refractivity contribution in [1.82, 2.24) is 15.2 Å². The van der Waals surface area contributed by atoms with Gasteiger partial charge >= 0.3 is 0 Å². The monoisotopic (exact) mass is 364 g/mol. The molecule has 128 valence electrons. The first-order chi connectivity index (χ1) is 11.6. The first-order valence-corrected chi connectivity index (χ1v) is 9.22. The molecule has 0 atom stereocenters. The van der Waals surface area contributed by atoms with Gasteiger partial charge < -0.3 is 15.1 Å². The summed E-state index contributed by atoms with van der Waals surface area (Å²) >= 11 is 7.56. The molecule has 0 unspecified atom stereocenters. The summed E-state index contributed by atoms with van der Waals surface area (Å²) in [5.74, 6) is 1.16. The van der Waals surface area contributed by atoms with Gasteiger partial charge in [0.15, 0.2) is 0 Å². The summed E-state index contributed by atoms with van der Waals surface area (Å²) in [5.41, 5.74) is 1.18. The molecular formula is C17H21ClN4OS. The van der Waals surface area contributed by atoms with Gasteiger partial charge in [0.25, 0.3) is 0 Å². The normalized spacial score (nSPS) is 14.9. The third-order valence-corrected chi connectivity index (χ3v) is 5.37. The van der Waals surface area contributed by atoms with Gasteiger partial charge in [0.05, 0.1) is 4.34 Å². The second kappa shape index (κ2) is 7.96. The lowest BCUT2D eigenvalue weighted by molar-refractivity contribution is -0.129. The molecule has 0 bridgehead atoms. The van der Waals surface area contributed by atoms with E-state index >= 15 is 0 Å². The van der Waals surface area contributed by atoms with E-state index < -0.39 is 0 Å². The molecule has 0 saturated carbocycles. The van der Waals surface area contributed by atoms with Crippen LogP contribution < -0.4 is 10.2 Å². The van der Waals surface area contributed by atoms with Crippen LogP contribution in [0.25, 0.3) is 0 Å². The maximum Gasteiger partial charge on any atom is 0.219 e. The van der Waals surface area contributed by atoms with Crippen LogP contribution in [0.2, 0.25) is 4.34 Å². The third kappa shape index (κ3) is 4.26. The van der Waals surface area contributed by atoms with E-state index in [1.54, 1.807) is 18.3 Å². The number of pyridine rings is 1. The van der Waals surface area contributed by atoms with E-state index in [4.69, 9.17) is 11.6 Å². The number of hydrogen-bond acceptors (Lipinski definition) is 5. The summed E-state index contributed by atoms with van der Waals surface area (Å²) in [6.07, 6.45) is 1.83. The predicted molar refractivity (Wildman–Crippen MR) is 98.6 cm³/mol. The number of carbonyl (C=O) groups is 1. The van der Waals surface area contributed by atoms with Crippen LogP contribution in [0.15, 0.2) is 30.5 Å². The Morgan fingerprint density at radius 1 is 1.25 bits per heavy atom. The number of nitrogens with zero attached hydrogens (tertiary/aromatic N) is 3. The molecule has 1 aliphatic heterocycles. The minimum Gasteiger partial charge on any atom is -0.353 e. The largest absolute Gasteiger partial charge is 0.353 e. The zero-order valence-corrected chi connectivity index (χ0v) is 15.2. The minimum atomic E-state index is 0.146. The van der Waals surface area contributed by atoms with E-state index in [9.17, 15) is 4.79 Å². The lowest BCUT2D eigenvalue weighted by Crippen LogP contribution is -2.48. The first-order valence-electron chi connectivity index (χ1n) is 8.03. The Bertz CT molecular complexity index is 697. The average Bonchev–Trinajstić information content (AvgIpc) is 3.01. The van der Waals surface area contributed by atoms with Gasteiger partial charge in [-0.05, 0) is 18.2 Å². The summed E-state index contributed by atoms with van der Waals surface area (Å²) in [7, 11) is 0. The van der Waals surface area contributed by atoms with Crippen molar-refractivity contribution in [3.63, 3.8) is 0 Å². The van der Waals surface area contributed by atoms with Gasteiger partial charge in [-0.15, -0.1) is 11.3 Å². The highest BCUT2D eigenvalue weighted by Crippen LogP contribution is 2.22. The van der Waals surface area contributed by atoms with Crippen LogP contribution in [-0.4, -0.2) is 42.0 Å². The van der Waals surface area contributed by atoms with Crippen molar-refractivity contribution < 1.29 is 4.79 Å². The topological polar surface area (TPSA) is 48.5 Å². The molecule has 5 nitrogen and oxygen atoms in total. The number of aromatic nitrogens is 1. The summed E-state index contributed by atoms with van der Waals surface area (Å²) in [4.78, 5) is 21.4. The molecule has 0 radical (unpaired) electrons. The van der Waals surface area contributed by atoms with Crippen LogP contribution in [-0.2, 0) is 17.9 Å². The van der Waals surface area contributed by atoms with Gasteiger partial charge in [0.2, 0.25) is 5.91 Å². The van der Waals surface area contributed by atoms with Crippen molar-refractivity contribution in [1.29, 1.82) is 0 Å². The number of halogens is 1. The van der Waals surface area contributed by atoms with Crippen molar-refractivity contribution in [3.8, 4) is 0 Å². The molecule has 1 amide bonds. The molecular weight excluding hydrogens is 344 g/mol. The van der Waals surface area contributed by atoms with Crippen molar-refractivity contribution in [2.45, 2.75) is 20.0 Å². The maximum absolute atomic E-state index is 11.5. The Morgan fingerprint density at radius 3 is 2.71 bits per heavy atom. The average molecular weight is 365 g/mol. The SMILES string of the molecule is CC(=O)N1CCN(c2ncccc2CNCc2ccc(Cl)s2)CC1. The molecule has 1 fully saturated rings. The molecule has 0 spiro atoms. The van der Waals surface area contributed by atoms with Gasteiger partial charge in [0, 0.05) is 62.8 Å². The van der Waals surface area contributed by atoms with Crippen molar-refractivity contribution in [2.75, 3.05) is 31.1 Å². The molecule has 24 heavy (non-hydrogen) atoms. The van der Waals surface area contributed by atoms with Crippen LogP contribution in [0.4, 0.5) is 5.82 Å². The Balaban J connectivity index is 1.60. The molecule has 3 heterocycles. The smallest absolute Gasteiger partial charge is 0.219 e. The Labute approximate surface area is 151 Å². The Kier molecular flexibility index (Phi) is 5.71. The summed E-state index contributed by atoms with van der Waals surface area (Å²) in [6.45, 7) is 6.34. The van der Waals surface area contributed by atoms with Gasteiger partial charge in [-0.1, -0.05) is 17.7 Å². The van der Waals surface area contributed by atoms with Crippen LogP contribution >= 0.6 is 22.9 Å². The highest BCUT2D eigenvalue weighted by atomic mass is 35.5. The number of carbonyl (C=O) groups excluding carboxylic acids is 1. The lowest BCUT2D eigenvalue weighted by atomic mass is 10.2. The predicted octanol–water partition coefficient (Wildman–Crippen LogP) is 2.75. The molecule has 1 N–H and O–H groups in total. The Morgan fingerprint density at radius 2 is 2.04 bits per heavy atom. The molecule has 1 saturated heterocycles. The van der Waals surface area contributed by atoms with Crippen LogP contribution in [0.3, 0.4) is 0 Å². The molecule has 7 heteroatoms. The number of amides is 1. The Hall–Kier alpha value is -1.63. The summed E-state index contributed by atoms with van der Waals surface area (Å²) < 4.78 is 0.817. The van der Waals surface area contributed by atoms with E-state index in [2.05, 4.69) is 21.3 Å². The minimum absolute atomic E-state index is 0.146.